The van der Waals surface area contributed by atoms with Crippen LogP contribution in [-0.2, 0) is 28.1 Å². The van der Waals surface area contributed by atoms with Gasteiger partial charge in [-0.1, -0.05) is 49.0 Å². The van der Waals surface area contributed by atoms with Crippen molar-refractivity contribution in [2.75, 3.05) is 6.54 Å². The van der Waals surface area contributed by atoms with Crippen LogP contribution in [0, 0.1) is 0 Å². The van der Waals surface area contributed by atoms with Crippen molar-refractivity contribution < 1.29 is 14.1 Å². The van der Waals surface area contributed by atoms with E-state index in [0.29, 0.717) is 31.1 Å². The number of carbonyl (C=O) groups excluding carboxylic acids is 2. The van der Waals surface area contributed by atoms with Gasteiger partial charge in [0.25, 0.3) is 0 Å². The smallest absolute Gasteiger partial charge is 0.227 e. The van der Waals surface area contributed by atoms with Crippen molar-refractivity contribution in [3.63, 3.8) is 0 Å². The lowest BCUT2D eigenvalue weighted by molar-refractivity contribution is -0.122. The summed E-state index contributed by atoms with van der Waals surface area (Å²) in [7, 11) is 0. The third-order valence-electron chi connectivity index (χ3n) is 6.41. The van der Waals surface area contributed by atoms with Gasteiger partial charge in [0.2, 0.25) is 17.7 Å². The highest BCUT2D eigenvalue weighted by atomic mass is 16.5. The van der Waals surface area contributed by atoms with Gasteiger partial charge in [-0.3, -0.25) is 9.59 Å². The molecule has 0 spiro atoms. The third-order valence-corrected chi connectivity index (χ3v) is 6.41. The van der Waals surface area contributed by atoms with E-state index >= 15 is 0 Å². The summed E-state index contributed by atoms with van der Waals surface area (Å²) < 4.78 is 7.64. The van der Waals surface area contributed by atoms with Gasteiger partial charge in [-0.2, -0.15) is 4.98 Å². The average molecular weight is 452 g/mol. The number of amides is 2. The molecule has 1 aliphatic carbocycles. The first-order valence-corrected chi connectivity index (χ1v) is 12.0. The Balaban J connectivity index is 1.24. The van der Waals surface area contributed by atoms with Crippen molar-refractivity contribution in [3.05, 3.63) is 48.2 Å². The molecule has 176 valence electrons. The van der Waals surface area contributed by atoms with Crippen molar-refractivity contribution >= 4 is 22.7 Å². The summed E-state index contributed by atoms with van der Waals surface area (Å²) in [6.45, 7) is 2.99. The summed E-state index contributed by atoms with van der Waals surface area (Å²) >= 11 is 0. The zero-order valence-corrected chi connectivity index (χ0v) is 19.3. The Kier molecular flexibility index (Phi) is 7.42. The highest BCUT2D eigenvalue weighted by molar-refractivity contribution is 5.80. The predicted octanol–water partition coefficient (Wildman–Crippen LogP) is 3.85. The maximum absolute atomic E-state index is 12.3. The first kappa shape index (κ1) is 23.0. The van der Waals surface area contributed by atoms with Crippen LogP contribution in [0.1, 0.15) is 70.0 Å². The number of aromatic nitrogens is 3. The Morgan fingerprint density at radius 1 is 1.12 bits per heavy atom. The molecule has 2 amide bonds. The first-order chi connectivity index (χ1) is 16.1. The van der Waals surface area contributed by atoms with Crippen LogP contribution in [0.5, 0.6) is 0 Å². The number of hydrogen-bond acceptors (Lipinski definition) is 5. The lowest BCUT2D eigenvalue weighted by atomic mass is 9.89. The molecule has 1 aliphatic rings. The van der Waals surface area contributed by atoms with Crippen LogP contribution < -0.4 is 10.6 Å². The van der Waals surface area contributed by atoms with Crippen molar-refractivity contribution in [3.8, 4) is 0 Å². The SMILES string of the molecule is CC(=O)NC1(c2noc(CCC(=O)NCCCn3ccc4ccccc43)n2)CCCCCC1. The van der Waals surface area contributed by atoms with Gasteiger partial charge in [0.15, 0.2) is 5.82 Å². The van der Waals surface area contributed by atoms with Gasteiger partial charge < -0.3 is 19.7 Å². The molecule has 33 heavy (non-hydrogen) atoms. The second-order valence-corrected chi connectivity index (χ2v) is 8.96. The van der Waals surface area contributed by atoms with Crippen LogP contribution in [0.3, 0.4) is 0 Å². The summed E-state index contributed by atoms with van der Waals surface area (Å²) in [6, 6.07) is 10.4. The predicted molar refractivity (Wildman–Crippen MR) is 125 cm³/mol. The number of rotatable bonds is 9. The highest BCUT2D eigenvalue weighted by Crippen LogP contribution is 2.34. The minimum absolute atomic E-state index is 0.0295. The number of nitrogens with one attached hydrogen (secondary N) is 2. The molecule has 8 nitrogen and oxygen atoms in total. The summed E-state index contributed by atoms with van der Waals surface area (Å²) in [6.07, 6.45) is 9.57. The van der Waals surface area contributed by atoms with E-state index in [2.05, 4.69) is 49.7 Å². The zero-order valence-electron chi connectivity index (χ0n) is 19.3. The molecule has 2 N–H and O–H groups in total. The molecule has 4 rings (SSSR count). The summed E-state index contributed by atoms with van der Waals surface area (Å²) in [5, 5.41) is 11.5. The summed E-state index contributed by atoms with van der Waals surface area (Å²) in [4.78, 5) is 28.7. The fourth-order valence-electron chi connectivity index (χ4n) is 4.75. The fraction of sp³-hybridized carbons (Fsp3) is 0.520. The van der Waals surface area contributed by atoms with Crippen LogP contribution in [0.4, 0.5) is 0 Å². The monoisotopic (exact) mass is 451 g/mol. The number of para-hydroxylation sites is 1. The molecule has 0 unspecified atom stereocenters. The number of benzene rings is 1. The highest BCUT2D eigenvalue weighted by Gasteiger charge is 2.38. The maximum Gasteiger partial charge on any atom is 0.227 e. The third kappa shape index (κ3) is 5.80. The molecule has 1 fully saturated rings. The summed E-state index contributed by atoms with van der Waals surface area (Å²) in [5.41, 5.74) is 0.649. The number of aryl methyl sites for hydroxylation is 2. The lowest BCUT2D eigenvalue weighted by Crippen LogP contribution is -2.45. The van der Waals surface area contributed by atoms with Crippen LogP contribution >= 0.6 is 0 Å². The second kappa shape index (κ2) is 10.6. The van der Waals surface area contributed by atoms with E-state index in [-0.39, 0.29) is 11.8 Å². The molecule has 2 heterocycles. The average Bonchev–Trinajstić information content (AvgIpc) is 3.38. The van der Waals surface area contributed by atoms with Gasteiger partial charge in [-0.15, -0.1) is 0 Å². The van der Waals surface area contributed by atoms with Gasteiger partial charge in [0.05, 0.1) is 0 Å². The molecular formula is C25H33N5O3. The van der Waals surface area contributed by atoms with Gasteiger partial charge in [0, 0.05) is 44.6 Å². The molecule has 8 heteroatoms. The van der Waals surface area contributed by atoms with E-state index in [9.17, 15) is 9.59 Å². The molecule has 1 saturated carbocycles. The zero-order chi connectivity index (χ0) is 23.1. The minimum atomic E-state index is -0.561. The van der Waals surface area contributed by atoms with Crippen molar-refractivity contribution in [1.29, 1.82) is 0 Å². The molecule has 1 aromatic carbocycles. The quantitative estimate of drug-likeness (QED) is 0.380. The Labute approximate surface area is 194 Å². The number of nitrogens with zero attached hydrogens (tertiary/aromatic N) is 3. The van der Waals surface area contributed by atoms with E-state index in [4.69, 9.17) is 4.52 Å². The molecule has 0 bridgehead atoms. The Morgan fingerprint density at radius 2 is 1.91 bits per heavy atom. The number of carbonyl (C=O) groups is 2. The standard InChI is InChI=1S/C25H33N5O3/c1-19(31)28-25(14-6-2-3-7-15-25)24-27-23(33-29-24)12-11-22(32)26-16-8-17-30-18-13-20-9-4-5-10-21(20)30/h4-5,9-10,13,18H,2-3,6-8,11-12,14-17H2,1H3,(H,26,32)(H,28,31). The Hall–Kier alpha value is -3.16. The van der Waals surface area contributed by atoms with Gasteiger partial charge in [-0.05, 0) is 36.8 Å². The van der Waals surface area contributed by atoms with Crippen LogP contribution in [0.15, 0.2) is 41.1 Å². The second-order valence-electron chi connectivity index (χ2n) is 8.96. The topological polar surface area (TPSA) is 102 Å². The molecule has 0 saturated heterocycles. The van der Waals surface area contributed by atoms with Crippen LogP contribution in [-0.4, -0.2) is 33.1 Å². The van der Waals surface area contributed by atoms with E-state index in [0.717, 1.165) is 51.5 Å². The Bertz CT molecular complexity index is 1080. The maximum atomic E-state index is 12.3. The van der Waals surface area contributed by atoms with E-state index < -0.39 is 5.54 Å². The first-order valence-electron chi connectivity index (χ1n) is 12.0. The molecule has 0 atom stereocenters. The number of hydrogen-bond donors (Lipinski definition) is 2. The van der Waals surface area contributed by atoms with E-state index in [1.165, 1.54) is 17.8 Å². The lowest BCUT2D eigenvalue weighted by Gasteiger charge is -2.30. The summed E-state index contributed by atoms with van der Waals surface area (Å²) in [5.74, 6) is 0.857. The van der Waals surface area contributed by atoms with E-state index in [1.807, 2.05) is 12.1 Å². The van der Waals surface area contributed by atoms with Gasteiger partial charge in [0.1, 0.15) is 5.54 Å². The van der Waals surface area contributed by atoms with Crippen LogP contribution in [0.2, 0.25) is 0 Å². The van der Waals surface area contributed by atoms with Gasteiger partial charge in [-0.25, -0.2) is 0 Å². The van der Waals surface area contributed by atoms with E-state index in [1.54, 1.807) is 0 Å². The molecule has 0 aliphatic heterocycles. The largest absolute Gasteiger partial charge is 0.356 e. The normalized spacial score (nSPS) is 15.8. The molecule has 3 aromatic rings. The molecule has 0 radical (unpaired) electrons. The number of fused-ring (bicyclic) bond motifs is 1. The fourth-order valence-corrected chi connectivity index (χ4v) is 4.75. The van der Waals surface area contributed by atoms with Crippen molar-refractivity contribution in [2.45, 2.75) is 76.8 Å². The molecule has 2 aromatic heterocycles. The Morgan fingerprint density at radius 3 is 2.70 bits per heavy atom. The minimum Gasteiger partial charge on any atom is -0.356 e. The van der Waals surface area contributed by atoms with Crippen molar-refractivity contribution in [1.82, 2.24) is 25.3 Å². The van der Waals surface area contributed by atoms with Crippen molar-refractivity contribution in [2.24, 2.45) is 0 Å². The molecular weight excluding hydrogens is 418 g/mol. The van der Waals surface area contributed by atoms with Crippen LogP contribution in [0.25, 0.3) is 10.9 Å². The van der Waals surface area contributed by atoms with Gasteiger partial charge >= 0.3 is 0 Å².